The molecule has 0 N–H and O–H groups in total. The zero-order chi connectivity index (χ0) is 14.3. The molecule has 2 aromatic heterocycles. The van der Waals surface area contributed by atoms with Gasteiger partial charge >= 0.3 is 6.18 Å². The van der Waals surface area contributed by atoms with Crippen LogP contribution in [0.15, 0.2) is 12.3 Å². The number of fused-ring (bicyclic) bond motifs is 1. The number of aromatic nitrogens is 3. The fourth-order valence-electron chi connectivity index (χ4n) is 2.27. The number of pyridine rings is 1. The molecule has 0 aliphatic carbocycles. The zero-order valence-corrected chi connectivity index (χ0v) is 12.5. The van der Waals surface area contributed by atoms with Crippen LogP contribution < -0.4 is 0 Å². The highest BCUT2D eigenvalue weighted by molar-refractivity contribution is 14.1. The van der Waals surface area contributed by atoms with E-state index in [9.17, 15) is 13.2 Å². The van der Waals surface area contributed by atoms with Gasteiger partial charge in [0.2, 0.25) is 0 Å². The molecule has 0 bridgehead atoms. The van der Waals surface area contributed by atoms with Crippen molar-refractivity contribution in [3.63, 3.8) is 0 Å². The Morgan fingerprint density at radius 2 is 2.15 bits per heavy atom. The molecule has 3 rings (SSSR count). The second kappa shape index (κ2) is 5.14. The third-order valence-electron chi connectivity index (χ3n) is 3.26. The van der Waals surface area contributed by atoms with E-state index in [2.05, 4.69) is 10.1 Å². The second-order valence-corrected chi connectivity index (χ2v) is 5.67. The minimum atomic E-state index is -4.41. The minimum absolute atomic E-state index is 0.306. The van der Waals surface area contributed by atoms with E-state index in [1.807, 2.05) is 22.6 Å². The predicted molar refractivity (Wildman–Crippen MR) is 74.1 cm³/mol. The molecule has 0 aromatic carbocycles. The summed E-state index contributed by atoms with van der Waals surface area (Å²) in [7, 11) is 0. The maximum Gasteiger partial charge on any atom is 0.417 e. The van der Waals surface area contributed by atoms with Gasteiger partial charge in [-0.2, -0.15) is 18.3 Å². The molecule has 8 heteroatoms. The van der Waals surface area contributed by atoms with Gasteiger partial charge in [0.1, 0.15) is 9.22 Å². The Hall–Kier alpha value is -0.900. The number of ether oxygens (including phenoxy) is 1. The van der Waals surface area contributed by atoms with E-state index in [0.29, 0.717) is 21.3 Å². The fraction of sp³-hybridized carbons (Fsp3) is 0.500. The van der Waals surface area contributed by atoms with Crippen LogP contribution in [-0.4, -0.2) is 21.4 Å². The van der Waals surface area contributed by atoms with Crippen LogP contribution in [-0.2, 0) is 10.9 Å². The molecule has 0 spiro atoms. The molecule has 1 aliphatic rings. The SMILES string of the molecule is FC(F)(F)c1cnc2c(I)nn(C3CCCCO3)c2c1. The zero-order valence-electron chi connectivity index (χ0n) is 10.3. The van der Waals surface area contributed by atoms with Crippen LogP contribution in [0, 0.1) is 3.70 Å². The average Bonchev–Trinajstić information content (AvgIpc) is 2.76. The van der Waals surface area contributed by atoms with Gasteiger partial charge in [-0.3, -0.25) is 4.98 Å². The topological polar surface area (TPSA) is 39.9 Å². The summed E-state index contributed by atoms with van der Waals surface area (Å²) < 4.78 is 46.1. The molecule has 1 atom stereocenters. The molecule has 2 aromatic rings. The van der Waals surface area contributed by atoms with Crippen molar-refractivity contribution < 1.29 is 17.9 Å². The average molecular weight is 397 g/mol. The van der Waals surface area contributed by atoms with Crippen LogP contribution in [0.3, 0.4) is 0 Å². The van der Waals surface area contributed by atoms with E-state index in [4.69, 9.17) is 4.74 Å². The summed E-state index contributed by atoms with van der Waals surface area (Å²) in [6, 6.07) is 1.09. The van der Waals surface area contributed by atoms with E-state index in [-0.39, 0.29) is 6.23 Å². The molecule has 1 fully saturated rings. The highest BCUT2D eigenvalue weighted by Crippen LogP contribution is 2.33. The maximum absolute atomic E-state index is 12.8. The fourth-order valence-corrected chi connectivity index (χ4v) is 2.92. The van der Waals surface area contributed by atoms with Gasteiger partial charge < -0.3 is 4.74 Å². The highest BCUT2D eigenvalue weighted by atomic mass is 127. The summed E-state index contributed by atoms with van der Waals surface area (Å²) in [6.07, 6.45) is -1.16. The lowest BCUT2D eigenvalue weighted by molar-refractivity contribution is -0.137. The van der Waals surface area contributed by atoms with E-state index < -0.39 is 11.7 Å². The van der Waals surface area contributed by atoms with Crippen molar-refractivity contribution >= 4 is 33.6 Å². The summed E-state index contributed by atoms with van der Waals surface area (Å²) in [4.78, 5) is 3.90. The maximum atomic E-state index is 12.8. The van der Waals surface area contributed by atoms with E-state index in [1.165, 1.54) is 4.68 Å². The van der Waals surface area contributed by atoms with Gasteiger partial charge in [0, 0.05) is 12.8 Å². The smallest absolute Gasteiger partial charge is 0.356 e. The van der Waals surface area contributed by atoms with Crippen molar-refractivity contribution in [3.8, 4) is 0 Å². The second-order valence-electron chi connectivity index (χ2n) is 4.65. The highest BCUT2D eigenvalue weighted by Gasteiger charge is 2.32. The Balaban J connectivity index is 2.11. The summed E-state index contributed by atoms with van der Waals surface area (Å²) in [6.45, 7) is 0.606. The minimum Gasteiger partial charge on any atom is -0.356 e. The van der Waals surface area contributed by atoms with Crippen LogP contribution in [0.2, 0.25) is 0 Å². The number of rotatable bonds is 1. The van der Waals surface area contributed by atoms with Crippen molar-refractivity contribution in [2.24, 2.45) is 0 Å². The van der Waals surface area contributed by atoms with E-state index in [1.54, 1.807) is 0 Å². The molecule has 1 unspecified atom stereocenters. The molecule has 0 radical (unpaired) electrons. The van der Waals surface area contributed by atoms with Crippen molar-refractivity contribution in [3.05, 3.63) is 21.5 Å². The first-order valence-corrected chi connectivity index (χ1v) is 7.27. The monoisotopic (exact) mass is 397 g/mol. The molecule has 0 saturated carbocycles. The molecule has 3 heterocycles. The lowest BCUT2D eigenvalue weighted by atomic mass is 10.2. The van der Waals surface area contributed by atoms with Gasteiger partial charge in [0.25, 0.3) is 0 Å². The lowest BCUT2D eigenvalue weighted by Gasteiger charge is -2.23. The Kier molecular flexibility index (Phi) is 3.61. The van der Waals surface area contributed by atoms with Crippen LogP contribution in [0.25, 0.3) is 11.0 Å². The number of alkyl halides is 3. The van der Waals surface area contributed by atoms with Gasteiger partial charge in [-0.1, -0.05) is 0 Å². The Bertz CT molecular complexity index is 635. The van der Waals surface area contributed by atoms with Crippen molar-refractivity contribution in [2.75, 3.05) is 6.61 Å². The Labute approximate surface area is 126 Å². The predicted octanol–water partition coefficient (Wildman–Crippen LogP) is 3.75. The number of nitrogens with zero attached hydrogens (tertiary/aromatic N) is 3. The Morgan fingerprint density at radius 3 is 2.80 bits per heavy atom. The van der Waals surface area contributed by atoms with Crippen LogP contribution in [0.4, 0.5) is 13.2 Å². The molecular formula is C12H11F3IN3O. The molecule has 4 nitrogen and oxygen atoms in total. The first kappa shape index (κ1) is 14.1. The molecule has 1 saturated heterocycles. The van der Waals surface area contributed by atoms with E-state index in [0.717, 1.165) is 31.5 Å². The van der Waals surface area contributed by atoms with E-state index >= 15 is 0 Å². The number of hydrogen-bond donors (Lipinski definition) is 0. The molecule has 108 valence electrons. The molecular weight excluding hydrogens is 386 g/mol. The van der Waals surface area contributed by atoms with Crippen molar-refractivity contribution in [1.82, 2.24) is 14.8 Å². The van der Waals surface area contributed by atoms with Gasteiger partial charge in [-0.05, 0) is 47.9 Å². The molecule has 0 amide bonds. The van der Waals surface area contributed by atoms with Crippen LogP contribution >= 0.6 is 22.6 Å². The largest absolute Gasteiger partial charge is 0.417 e. The first-order chi connectivity index (χ1) is 9.47. The van der Waals surface area contributed by atoms with Gasteiger partial charge in [-0.25, -0.2) is 4.68 Å². The number of hydrogen-bond acceptors (Lipinski definition) is 3. The third-order valence-corrected chi connectivity index (χ3v) is 3.99. The lowest BCUT2D eigenvalue weighted by Crippen LogP contribution is -2.19. The third kappa shape index (κ3) is 2.50. The Morgan fingerprint density at radius 1 is 1.35 bits per heavy atom. The van der Waals surface area contributed by atoms with Crippen molar-refractivity contribution in [1.29, 1.82) is 0 Å². The summed E-state index contributed by atoms with van der Waals surface area (Å²) in [5.41, 5.74) is 0.0854. The van der Waals surface area contributed by atoms with Crippen LogP contribution in [0.5, 0.6) is 0 Å². The summed E-state index contributed by atoms with van der Waals surface area (Å²) in [5, 5.41) is 4.29. The van der Waals surface area contributed by atoms with Gasteiger partial charge in [0.05, 0.1) is 11.1 Å². The number of halogens is 4. The van der Waals surface area contributed by atoms with Gasteiger partial charge in [0.15, 0.2) is 6.23 Å². The molecule has 1 aliphatic heterocycles. The first-order valence-electron chi connectivity index (χ1n) is 6.19. The van der Waals surface area contributed by atoms with Gasteiger partial charge in [-0.15, -0.1) is 0 Å². The van der Waals surface area contributed by atoms with Crippen LogP contribution in [0.1, 0.15) is 31.1 Å². The quantitative estimate of drug-likeness (QED) is 0.689. The summed E-state index contributed by atoms with van der Waals surface area (Å²) >= 11 is 1.98. The summed E-state index contributed by atoms with van der Waals surface area (Å²) in [5.74, 6) is 0. The normalized spacial score (nSPS) is 20.5. The molecule has 20 heavy (non-hydrogen) atoms. The standard InChI is InChI=1S/C12H11F3IN3O/c13-12(14,15)7-5-8-10(17-6-7)11(16)18-19(8)9-3-1-2-4-20-9/h5-6,9H,1-4H2. The van der Waals surface area contributed by atoms with Crippen molar-refractivity contribution in [2.45, 2.75) is 31.7 Å².